The van der Waals surface area contributed by atoms with Gasteiger partial charge in [0.2, 0.25) is 5.91 Å². The van der Waals surface area contributed by atoms with Gasteiger partial charge in [-0.15, -0.1) is 0 Å². The summed E-state index contributed by atoms with van der Waals surface area (Å²) in [5.74, 6) is 0.345. The Balaban J connectivity index is 2.26. The topological polar surface area (TPSA) is 58.6 Å². The van der Waals surface area contributed by atoms with Gasteiger partial charge in [0, 0.05) is 12.1 Å². The number of ether oxygens (including phenoxy) is 1. The molecule has 1 atom stereocenters. The zero-order chi connectivity index (χ0) is 23.2. The van der Waals surface area contributed by atoms with E-state index >= 15 is 0 Å². The van der Waals surface area contributed by atoms with Crippen LogP contribution in [0.1, 0.15) is 56.4 Å². The maximum atomic E-state index is 13.3. The molecule has 168 valence electrons. The van der Waals surface area contributed by atoms with Gasteiger partial charge in [-0.1, -0.05) is 43.3 Å². The van der Waals surface area contributed by atoms with Gasteiger partial charge in [-0.05, 0) is 76.3 Å². The van der Waals surface area contributed by atoms with Gasteiger partial charge in [0.05, 0.1) is 0 Å². The molecule has 31 heavy (non-hydrogen) atoms. The summed E-state index contributed by atoms with van der Waals surface area (Å²) in [5, 5.41) is 3.02. The van der Waals surface area contributed by atoms with E-state index in [1.807, 2.05) is 84.9 Å². The fourth-order valence-electron chi connectivity index (χ4n) is 3.53. The van der Waals surface area contributed by atoms with Crippen LogP contribution >= 0.6 is 0 Å². The Kier molecular flexibility index (Phi) is 8.26. The number of rotatable bonds is 8. The highest BCUT2D eigenvalue weighted by Crippen LogP contribution is 2.23. The minimum atomic E-state index is -0.573. The lowest BCUT2D eigenvalue weighted by Crippen LogP contribution is -2.54. The Bertz CT molecular complexity index is 901. The van der Waals surface area contributed by atoms with Crippen molar-refractivity contribution in [3.05, 3.63) is 64.7 Å². The average Bonchev–Trinajstić information content (AvgIpc) is 2.68. The van der Waals surface area contributed by atoms with Crippen LogP contribution in [0.25, 0.3) is 0 Å². The van der Waals surface area contributed by atoms with Crippen LogP contribution in [0, 0.1) is 20.8 Å². The molecule has 2 rings (SSSR count). The third kappa shape index (κ3) is 7.12. The Hall–Kier alpha value is -2.82. The highest BCUT2D eigenvalue weighted by Gasteiger charge is 2.31. The highest BCUT2D eigenvalue weighted by atomic mass is 16.5. The van der Waals surface area contributed by atoms with Crippen LogP contribution in [0.15, 0.2) is 42.5 Å². The fraction of sp³-hybridized carbons (Fsp3) is 0.462. The van der Waals surface area contributed by atoms with E-state index in [2.05, 4.69) is 11.4 Å². The van der Waals surface area contributed by atoms with Gasteiger partial charge < -0.3 is 15.0 Å². The van der Waals surface area contributed by atoms with Gasteiger partial charge in [-0.2, -0.15) is 0 Å². The monoisotopic (exact) mass is 424 g/mol. The van der Waals surface area contributed by atoms with Gasteiger partial charge in [-0.3, -0.25) is 9.59 Å². The molecular formula is C26H36N2O3. The SMILES string of the molecule is CC[C@H](C(=O)NC(C)(C)C)N(Cc1ccccc1)C(=O)COc1cc(C)cc(C)c1C. The van der Waals surface area contributed by atoms with Crippen molar-refractivity contribution in [1.29, 1.82) is 0 Å². The molecular weight excluding hydrogens is 388 g/mol. The third-order valence-corrected chi connectivity index (χ3v) is 5.20. The summed E-state index contributed by atoms with van der Waals surface area (Å²) in [6.45, 7) is 14.0. The van der Waals surface area contributed by atoms with Crippen molar-refractivity contribution in [1.82, 2.24) is 10.2 Å². The Morgan fingerprint density at radius 1 is 1.06 bits per heavy atom. The number of nitrogens with zero attached hydrogens (tertiary/aromatic N) is 1. The molecule has 0 bridgehead atoms. The van der Waals surface area contributed by atoms with Gasteiger partial charge in [0.25, 0.3) is 5.91 Å². The quantitative estimate of drug-likeness (QED) is 0.667. The number of hydrogen-bond acceptors (Lipinski definition) is 3. The number of benzene rings is 2. The van der Waals surface area contributed by atoms with E-state index in [1.54, 1.807) is 4.90 Å². The first-order chi connectivity index (χ1) is 14.5. The fourth-order valence-corrected chi connectivity index (χ4v) is 3.53. The summed E-state index contributed by atoms with van der Waals surface area (Å²) >= 11 is 0. The zero-order valence-corrected chi connectivity index (χ0v) is 19.9. The number of hydrogen-bond donors (Lipinski definition) is 1. The first kappa shape index (κ1) is 24.4. The maximum absolute atomic E-state index is 13.3. The Morgan fingerprint density at radius 2 is 1.71 bits per heavy atom. The van der Waals surface area contributed by atoms with Crippen LogP contribution in [-0.4, -0.2) is 34.9 Å². The first-order valence-corrected chi connectivity index (χ1v) is 10.9. The molecule has 2 amide bonds. The molecule has 0 aliphatic heterocycles. The van der Waals surface area contributed by atoms with E-state index in [9.17, 15) is 9.59 Å². The molecule has 0 saturated carbocycles. The van der Waals surface area contributed by atoms with Crippen molar-refractivity contribution in [3.8, 4) is 5.75 Å². The van der Waals surface area contributed by atoms with E-state index < -0.39 is 6.04 Å². The number of amides is 2. The smallest absolute Gasteiger partial charge is 0.261 e. The lowest BCUT2D eigenvalue weighted by atomic mass is 10.1. The summed E-state index contributed by atoms with van der Waals surface area (Å²) in [6, 6.07) is 13.2. The molecule has 2 aromatic rings. The summed E-state index contributed by atoms with van der Waals surface area (Å²) in [7, 11) is 0. The number of carbonyl (C=O) groups is 2. The summed E-state index contributed by atoms with van der Waals surface area (Å²) in [6.07, 6.45) is 0.517. The van der Waals surface area contributed by atoms with Crippen molar-refractivity contribution in [2.45, 2.75) is 73.0 Å². The molecule has 1 N–H and O–H groups in total. The second-order valence-electron chi connectivity index (χ2n) is 9.16. The summed E-state index contributed by atoms with van der Waals surface area (Å²) in [4.78, 5) is 27.9. The molecule has 5 heteroatoms. The van der Waals surface area contributed by atoms with Crippen molar-refractivity contribution in [3.63, 3.8) is 0 Å². The molecule has 0 saturated heterocycles. The second-order valence-corrected chi connectivity index (χ2v) is 9.16. The lowest BCUT2D eigenvalue weighted by Gasteiger charge is -2.33. The van der Waals surface area contributed by atoms with Crippen LogP contribution in [0.5, 0.6) is 5.75 Å². The summed E-state index contributed by atoms with van der Waals surface area (Å²) < 4.78 is 5.93. The molecule has 0 radical (unpaired) electrons. The van der Waals surface area contributed by atoms with E-state index in [1.165, 1.54) is 0 Å². The third-order valence-electron chi connectivity index (χ3n) is 5.20. The van der Waals surface area contributed by atoms with E-state index in [0.29, 0.717) is 18.7 Å². The first-order valence-electron chi connectivity index (χ1n) is 10.9. The van der Waals surface area contributed by atoms with Crippen molar-refractivity contribution in [2.24, 2.45) is 0 Å². The van der Waals surface area contributed by atoms with Crippen molar-refractivity contribution >= 4 is 11.8 Å². The summed E-state index contributed by atoms with van der Waals surface area (Å²) in [5.41, 5.74) is 3.83. The lowest BCUT2D eigenvalue weighted by molar-refractivity contribution is -0.143. The molecule has 0 aliphatic carbocycles. The number of carbonyl (C=O) groups excluding carboxylic acids is 2. The molecule has 0 spiro atoms. The normalized spacial score (nSPS) is 12.2. The van der Waals surface area contributed by atoms with Crippen LogP contribution in [0.3, 0.4) is 0 Å². The highest BCUT2D eigenvalue weighted by molar-refractivity contribution is 5.88. The van der Waals surface area contributed by atoms with E-state index in [4.69, 9.17) is 4.74 Å². The Labute approximate surface area is 186 Å². The minimum Gasteiger partial charge on any atom is -0.483 e. The van der Waals surface area contributed by atoms with Crippen molar-refractivity contribution < 1.29 is 14.3 Å². The zero-order valence-electron chi connectivity index (χ0n) is 19.9. The predicted octanol–water partition coefficient (Wildman–Crippen LogP) is 4.71. The standard InChI is InChI=1S/C26H36N2O3/c1-8-22(25(30)27-26(5,6)7)28(16-21-12-10-9-11-13-21)24(29)17-31-23-15-18(2)14-19(3)20(23)4/h9-15,22H,8,16-17H2,1-7H3,(H,27,30)/t22-/m1/s1. The average molecular weight is 425 g/mol. The minimum absolute atomic E-state index is 0.115. The second kappa shape index (κ2) is 10.5. The number of aryl methyl sites for hydroxylation is 2. The van der Waals surface area contributed by atoms with Gasteiger partial charge >= 0.3 is 0 Å². The van der Waals surface area contributed by atoms with E-state index in [-0.39, 0.29) is 24.0 Å². The van der Waals surface area contributed by atoms with Gasteiger partial charge in [-0.25, -0.2) is 0 Å². The molecule has 0 aromatic heterocycles. The predicted molar refractivity (Wildman–Crippen MR) is 125 cm³/mol. The molecule has 2 aromatic carbocycles. The van der Waals surface area contributed by atoms with Crippen LogP contribution in [0.4, 0.5) is 0 Å². The molecule has 0 heterocycles. The molecule has 0 fully saturated rings. The Morgan fingerprint density at radius 3 is 2.29 bits per heavy atom. The van der Waals surface area contributed by atoms with Crippen LogP contribution in [-0.2, 0) is 16.1 Å². The number of nitrogens with one attached hydrogen (secondary N) is 1. The van der Waals surface area contributed by atoms with Gasteiger partial charge in [0.1, 0.15) is 11.8 Å². The van der Waals surface area contributed by atoms with Crippen molar-refractivity contribution in [2.75, 3.05) is 6.61 Å². The maximum Gasteiger partial charge on any atom is 0.261 e. The van der Waals surface area contributed by atoms with Crippen LogP contribution in [0.2, 0.25) is 0 Å². The molecule has 5 nitrogen and oxygen atoms in total. The van der Waals surface area contributed by atoms with Crippen LogP contribution < -0.4 is 10.1 Å². The van der Waals surface area contributed by atoms with E-state index in [0.717, 1.165) is 22.3 Å². The van der Waals surface area contributed by atoms with Gasteiger partial charge in [0.15, 0.2) is 6.61 Å². The largest absolute Gasteiger partial charge is 0.483 e. The molecule has 0 unspecified atom stereocenters. The molecule has 0 aliphatic rings.